The van der Waals surface area contributed by atoms with Crippen LogP contribution in [0, 0.1) is 0 Å². The van der Waals surface area contributed by atoms with E-state index in [-0.39, 0.29) is 35.0 Å². The van der Waals surface area contributed by atoms with E-state index in [0.29, 0.717) is 5.69 Å². The van der Waals surface area contributed by atoms with E-state index in [1.165, 1.54) is 22.9 Å². The number of fused-ring (bicyclic) bond motifs is 1. The molecule has 0 saturated carbocycles. The van der Waals surface area contributed by atoms with E-state index in [0.717, 1.165) is 9.87 Å². The Labute approximate surface area is 196 Å². The molecule has 1 aromatic heterocycles. The predicted octanol–water partition coefficient (Wildman–Crippen LogP) is 2.00. The van der Waals surface area contributed by atoms with Crippen LogP contribution in [0.4, 0.5) is 5.69 Å². The second-order valence-electron chi connectivity index (χ2n) is 8.05. The molecule has 0 fully saturated rings. The summed E-state index contributed by atoms with van der Waals surface area (Å²) in [7, 11) is -4.00. The summed E-state index contributed by atoms with van der Waals surface area (Å²) in [6, 6.07) is 12.2. The molecule has 3 amide bonds. The molecule has 0 bridgehead atoms. The number of nitrogens with one attached hydrogen (secondary N) is 2. The van der Waals surface area contributed by atoms with Gasteiger partial charge >= 0.3 is 0 Å². The molecule has 0 radical (unpaired) electrons. The highest BCUT2D eigenvalue weighted by Gasteiger charge is 2.42. The number of carbonyl (C=O) groups excluding carboxylic acids is 3. The van der Waals surface area contributed by atoms with Crippen LogP contribution >= 0.6 is 0 Å². The normalized spacial score (nSPS) is 14.2. The number of aromatic nitrogens is 2. The summed E-state index contributed by atoms with van der Waals surface area (Å²) in [5.74, 6) is -1.32. The summed E-state index contributed by atoms with van der Waals surface area (Å²) in [6.45, 7) is 3.46. The fraction of sp³-hybridized carbons (Fsp3) is 0.217. The largest absolute Gasteiger partial charge is 0.348 e. The molecule has 3 aromatic rings. The lowest BCUT2D eigenvalue weighted by atomic mass is 10.1. The van der Waals surface area contributed by atoms with Crippen LogP contribution in [-0.2, 0) is 27.9 Å². The van der Waals surface area contributed by atoms with Gasteiger partial charge in [-0.1, -0.05) is 12.1 Å². The molecule has 0 unspecified atom stereocenters. The van der Waals surface area contributed by atoms with Crippen molar-refractivity contribution in [3.05, 3.63) is 77.6 Å². The second-order valence-corrected chi connectivity index (χ2v) is 9.83. The lowest BCUT2D eigenvalue weighted by Crippen LogP contribution is -2.36. The summed E-state index contributed by atoms with van der Waals surface area (Å²) in [6.07, 6.45) is 3.27. The topological polar surface area (TPSA) is 130 Å². The summed E-state index contributed by atoms with van der Waals surface area (Å²) in [5.41, 5.74) is 1.49. The van der Waals surface area contributed by atoms with Crippen molar-refractivity contribution in [3.8, 4) is 0 Å². The number of sulfonamides is 1. The van der Waals surface area contributed by atoms with E-state index in [1.54, 1.807) is 56.6 Å². The quantitative estimate of drug-likeness (QED) is 0.531. The first kappa shape index (κ1) is 23.2. The van der Waals surface area contributed by atoms with E-state index < -0.39 is 27.9 Å². The Morgan fingerprint density at radius 3 is 2.59 bits per heavy atom. The Bertz CT molecular complexity index is 1370. The number of amides is 3. The zero-order valence-corrected chi connectivity index (χ0v) is 19.4. The van der Waals surface area contributed by atoms with Gasteiger partial charge in [-0.15, -0.1) is 0 Å². The van der Waals surface area contributed by atoms with Gasteiger partial charge in [0.05, 0.1) is 5.56 Å². The number of carbonyl (C=O) groups is 3. The molecule has 0 aliphatic carbocycles. The van der Waals surface area contributed by atoms with Gasteiger partial charge in [0.2, 0.25) is 5.91 Å². The summed E-state index contributed by atoms with van der Waals surface area (Å²) in [5, 5.41) is 9.51. The van der Waals surface area contributed by atoms with Crippen molar-refractivity contribution in [2.45, 2.75) is 37.9 Å². The second kappa shape index (κ2) is 9.10. The Balaban J connectivity index is 1.42. The SMILES string of the molecule is CC(C)N1C(=O)c2ccc(C(=O)NCc3cccc(NC(=O)Cn4cccn4)c3)cc2S1(=O)=O. The number of rotatable bonds is 7. The average Bonchev–Trinajstić information content (AvgIpc) is 3.36. The standard InChI is InChI=1S/C23H23N5O5S/c1-15(2)28-23(31)19-8-7-17(12-20(19)34(28,32)33)22(30)24-13-16-5-3-6-18(11-16)26-21(29)14-27-10-4-9-25-27/h3-12,15H,13-14H2,1-2H3,(H,24,30)(H,26,29). The molecule has 0 atom stereocenters. The third-order valence-corrected chi connectivity index (χ3v) is 7.21. The fourth-order valence-electron chi connectivity index (χ4n) is 3.68. The maximum atomic E-state index is 12.7. The van der Waals surface area contributed by atoms with Crippen LogP contribution in [0.5, 0.6) is 0 Å². The molecule has 10 nitrogen and oxygen atoms in total. The van der Waals surface area contributed by atoms with Gasteiger partial charge in [0.1, 0.15) is 11.4 Å². The van der Waals surface area contributed by atoms with Crippen molar-refractivity contribution >= 4 is 33.4 Å². The minimum atomic E-state index is -4.00. The van der Waals surface area contributed by atoms with E-state index in [4.69, 9.17) is 0 Å². The van der Waals surface area contributed by atoms with Gasteiger partial charge in [-0.2, -0.15) is 5.10 Å². The lowest BCUT2D eigenvalue weighted by molar-refractivity contribution is -0.116. The smallest absolute Gasteiger partial charge is 0.269 e. The molecule has 1 aliphatic heterocycles. The van der Waals surface area contributed by atoms with Crippen LogP contribution in [0.15, 0.2) is 65.8 Å². The molecule has 11 heteroatoms. The minimum absolute atomic E-state index is 0.0591. The monoisotopic (exact) mass is 481 g/mol. The number of nitrogens with zero attached hydrogens (tertiary/aromatic N) is 3. The van der Waals surface area contributed by atoms with Gasteiger partial charge in [0.15, 0.2) is 0 Å². The van der Waals surface area contributed by atoms with Gasteiger partial charge in [0, 0.05) is 36.2 Å². The Kier molecular flexibility index (Phi) is 6.20. The maximum Gasteiger partial charge on any atom is 0.269 e. The van der Waals surface area contributed by atoms with Gasteiger partial charge in [-0.05, 0) is 55.8 Å². The predicted molar refractivity (Wildman–Crippen MR) is 123 cm³/mol. The number of anilines is 1. The van der Waals surface area contributed by atoms with Crippen molar-refractivity contribution in [2.24, 2.45) is 0 Å². The van der Waals surface area contributed by atoms with Crippen LogP contribution in [0.2, 0.25) is 0 Å². The van der Waals surface area contributed by atoms with Crippen molar-refractivity contribution in [3.63, 3.8) is 0 Å². The highest BCUT2D eigenvalue weighted by Crippen LogP contribution is 2.32. The van der Waals surface area contributed by atoms with E-state index in [1.807, 2.05) is 0 Å². The molecule has 2 heterocycles. The Morgan fingerprint density at radius 1 is 1.09 bits per heavy atom. The first-order chi connectivity index (χ1) is 16.2. The maximum absolute atomic E-state index is 12.7. The molecular weight excluding hydrogens is 458 g/mol. The third kappa shape index (κ3) is 4.55. The summed E-state index contributed by atoms with van der Waals surface area (Å²) < 4.78 is 27.8. The van der Waals surface area contributed by atoms with E-state index >= 15 is 0 Å². The van der Waals surface area contributed by atoms with Crippen LogP contribution in [0.25, 0.3) is 0 Å². The Hall–Kier alpha value is -3.99. The molecule has 4 rings (SSSR count). The summed E-state index contributed by atoms with van der Waals surface area (Å²) in [4.78, 5) is 37.1. The van der Waals surface area contributed by atoms with Crippen molar-refractivity contribution in [2.75, 3.05) is 5.32 Å². The van der Waals surface area contributed by atoms with Gasteiger partial charge < -0.3 is 10.6 Å². The first-order valence-electron chi connectivity index (χ1n) is 10.5. The molecule has 0 saturated heterocycles. The average molecular weight is 482 g/mol. The van der Waals surface area contributed by atoms with E-state index in [2.05, 4.69) is 15.7 Å². The van der Waals surface area contributed by atoms with Crippen molar-refractivity contribution in [1.82, 2.24) is 19.4 Å². The third-order valence-electron chi connectivity index (χ3n) is 5.21. The highest BCUT2D eigenvalue weighted by molar-refractivity contribution is 7.90. The minimum Gasteiger partial charge on any atom is -0.348 e. The number of benzene rings is 2. The molecule has 2 N–H and O–H groups in total. The fourth-order valence-corrected chi connectivity index (χ4v) is 5.48. The number of hydrogen-bond donors (Lipinski definition) is 2. The highest BCUT2D eigenvalue weighted by atomic mass is 32.2. The van der Waals surface area contributed by atoms with Crippen LogP contribution < -0.4 is 10.6 Å². The zero-order chi connectivity index (χ0) is 24.5. The molecule has 34 heavy (non-hydrogen) atoms. The van der Waals surface area contributed by atoms with Crippen molar-refractivity contribution < 1.29 is 22.8 Å². The van der Waals surface area contributed by atoms with Crippen LogP contribution in [-0.4, -0.2) is 46.3 Å². The number of hydrogen-bond acceptors (Lipinski definition) is 6. The van der Waals surface area contributed by atoms with Gasteiger partial charge in [0.25, 0.3) is 21.8 Å². The molecule has 1 aliphatic rings. The molecule has 176 valence electrons. The zero-order valence-electron chi connectivity index (χ0n) is 18.6. The molecule has 2 aromatic carbocycles. The van der Waals surface area contributed by atoms with Gasteiger partial charge in [-0.25, -0.2) is 12.7 Å². The first-order valence-corrected chi connectivity index (χ1v) is 12.0. The van der Waals surface area contributed by atoms with Crippen LogP contribution in [0.1, 0.15) is 40.1 Å². The van der Waals surface area contributed by atoms with E-state index in [9.17, 15) is 22.8 Å². The Morgan fingerprint density at radius 2 is 1.88 bits per heavy atom. The molecule has 0 spiro atoms. The lowest BCUT2D eigenvalue weighted by Gasteiger charge is -2.18. The van der Waals surface area contributed by atoms with Crippen LogP contribution in [0.3, 0.4) is 0 Å². The van der Waals surface area contributed by atoms with Gasteiger partial charge in [-0.3, -0.25) is 19.1 Å². The van der Waals surface area contributed by atoms with Crippen molar-refractivity contribution in [1.29, 1.82) is 0 Å². The summed E-state index contributed by atoms with van der Waals surface area (Å²) >= 11 is 0. The molecular formula is C23H23N5O5S.